The molecule has 192 valence electrons. The van der Waals surface area contributed by atoms with Crippen LogP contribution < -0.4 is 4.90 Å². The van der Waals surface area contributed by atoms with Gasteiger partial charge in [0, 0.05) is 65.0 Å². The average molecular weight is 515 g/mol. The van der Waals surface area contributed by atoms with E-state index in [-0.39, 0.29) is 47.1 Å². The number of fused-ring (bicyclic) bond motifs is 1. The summed E-state index contributed by atoms with van der Waals surface area (Å²) in [6, 6.07) is 9.84. The number of likely N-dealkylation sites (N-methyl/N-ethyl adjacent to an activating group) is 1. The zero-order valence-corrected chi connectivity index (χ0v) is 22.1. The van der Waals surface area contributed by atoms with Gasteiger partial charge in [-0.25, -0.2) is 4.39 Å². The Bertz CT molecular complexity index is 1190. The molecule has 1 unspecified atom stereocenters. The lowest BCUT2D eigenvalue weighted by atomic mass is 9.94. The van der Waals surface area contributed by atoms with Gasteiger partial charge in [-0.2, -0.15) is 0 Å². The van der Waals surface area contributed by atoms with Crippen molar-refractivity contribution in [1.82, 2.24) is 14.7 Å². The zero-order valence-electron chi connectivity index (χ0n) is 21.3. The fraction of sp³-hybridized carbons (Fsp3) is 0.444. The highest BCUT2D eigenvalue weighted by Crippen LogP contribution is 2.42. The van der Waals surface area contributed by atoms with E-state index in [1.165, 1.54) is 21.9 Å². The van der Waals surface area contributed by atoms with E-state index in [2.05, 4.69) is 11.8 Å². The first-order valence-electron chi connectivity index (χ1n) is 12.1. The Balaban J connectivity index is 1.55. The van der Waals surface area contributed by atoms with E-state index in [1.54, 1.807) is 45.4 Å². The van der Waals surface area contributed by atoms with Crippen LogP contribution in [0.1, 0.15) is 47.7 Å². The molecule has 0 bridgehead atoms. The molecular weight excluding hydrogens is 483 g/mol. The molecule has 0 radical (unpaired) electrons. The number of rotatable bonds is 5. The van der Waals surface area contributed by atoms with Gasteiger partial charge < -0.3 is 14.7 Å². The molecule has 0 saturated carbocycles. The Hall–Kier alpha value is -2.97. The lowest BCUT2D eigenvalue weighted by molar-refractivity contribution is -0.131. The highest BCUT2D eigenvalue weighted by atomic mass is 35.5. The van der Waals surface area contributed by atoms with Crippen molar-refractivity contribution >= 4 is 35.0 Å². The van der Waals surface area contributed by atoms with E-state index in [9.17, 15) is 18.8 Å². The molecule has 2 aromatic rings. The van der Waals surface area contributed by atoms with Gasteiger partial charge in [-0.3, -0.25) is 19.3 Å². The molecule has 0 aliphatic carbocycles. The van der Waals surface area contributed by atoms with Gasteiger partial charge in [0.15, 0.2) is 0 Å². The van der Waals surface area contributed by atoms with Crippen LogP contribution in [0, 0.1) is 5.82 Å². The van der Waals surface area contributed by atoms with Crippen LogP contribution in [0.2, 0.25) is 5.02 Å². The van der Waals surface area contributed by atoms with Crippen molar-refractivity contribution in [3.8, 4) is 0 Å². The van der Waals surface area contributed by atoms with Gasteiger partial charge >= 0.3 is 0 Å². The first kappa shape index (κ1) is 26.1. The second-order valence-electron chi connectivity index (χ2n) is 10.0. The lowest BCUT2D eigenvalue weighted by Gasteiger charge is -2.44. The molecule has 2 heterocycles. The average Bonchev–Trinajstić information content (AvgIpc) is 3.05. The minimum Gasteiger partial charge on any atom is -0.349 e. The molecule has 36 heavy (non-hydrogen) atoms. The van der Waals surface area contributed by atoms with Gasteiger partial charge in [-0.1, -0.05) is 23.7 Å². The maximum atomic E-state index is 13.7. The highest BCUT2D eigenvalue weighted by molar-refractivity contribution is 6.34. The van der Waals surface area contributed by atoms with Crippen LogP contribution in [0.3, 0.4) is 0 Å². The maximum Gasteiger partial charge on any atom is 0.255 e. The Labute approximate surface area is 216 Å². The minimum absolute atomic E-state index is 0.0356. The number of hydrogen-bond acceptors (Lipinski definition) is 4. The first-order valence-corrected chi connectivity index (χ1v) is 12.5. The molecule has 3 amide bonds. The molecule has 1 saturated heterocycles. The smallest absolute Gasteiger partial charge is 0.255 e. The molecule has 4 rings (SSSR count). The second-order valence-corrected chi connectivity index (χ2v) is 10.5. The molecule has 9 heteroatoms. The number of anilines is 1. The van der Waals surface area contributed by atoms with Gasteiger partial charge in [0.25, 0.3) is 5.91 Å². The van der Waals surface area contributed by atoms with Gasteiger partial charge in [-0.15, -0.1) is 0 Å². The summed E-state index contributed by atoms with van der Waals surface area (Å²) in [7, 11) is 4.96. The third-order valence-corrected chi connectivity index (χ3v) is 7.58. The molecule has 3 atom stereocenters. The molecular formula is C27H32ClFN4O3. The summed E-state index contributed by atoms with van der Waals surface area (Å²) in [5, 5.41) is 0.284. The van der Waals surface area contributed by atoms with Crippen LogP contribution in [0.5, 0.6) is 0 Å². The number of hydrogen-bond donors (Lipinski definition) is 0. The van der Waals surface area contributed by atoms with Crippen LogP contribution >= 0.6 is 11.6 Å². The fourth-order valence-corrected chi connectivity index (χ4v) is 5.27. The zero-order chi connectivity index (χ0) is 26.3. The number of piperazine rings is 1. The standard InChI is InChI=1S/C27H32ClFN4O3/c1-16-14-33(17(2)13-32(16)15-18-6-8-19(29)9-7-18)27(36)22-10-20-21(11-25(34)30(3)4)26(35)31(5)24(20)12-23(22)28/h6-10,12,16-17,21H,11,13-15H2,1-5H3/t16-,17+,21?/m0/s1. The lowest BCUT2D eigenvalue weighted by Crippen LogP contribution is -2.57. The van der Waals surface area contributed by atoms with E-state index < -0.39 is 5.92 Å². The fourth-order valence-electron chi connectivity index (χ4n) is 5.03. The van der Waals surface area contributed by atoms with Crippen LogP contribution in [-0.2, 0) is 16.1 Å². The summed E-state index contributed by atoms with van der Waals surface area (Å²) in [6.07, 6.45) is 0.0356. The summed E-state index contributed by atoms with van der Waals surface area (Å²) < 4.78 is 13.3. The normalized spacial score (nSPS) is 22.1. The molecule has 2 aliphatic heterocycles. The van der Waals surface area contributed by atoms with Gasteiger partial charge in [-0.05, 0) is 49.2 Å². The summed E-state index contributed by atoms with van der Waals surface area (Å²) in [5.74, 6) is -1.44. The number of carbonyl (C=O) groups is 3. The molecule has 2 aromatic carbocycles. The highest BCUT2D eigenvalue weighted by Gasteiger charge is 2.39. The number of nitrogens with zero attached hydrogens (tertiary/aromatic N) is 4. The largest absolute Gasteiger partial charge is 0.349 e. The van der Waals surface area contributed by atoms with Gasteiger partial charge in [0.05, 0.1) is 16.5 Å². The van der Waals surface area contributed by atoms with Crippen molar-refractivity contribution in [3.05, 3.63) is 63.9 Å². The van der Waals surface area contributed by atoms with E-state index in [4.69, 9.17) is 11.6 Å². The van der Waals surface area contributed by atoms with E-state index in [0.29, 0.717) is 36.4 Å². The molecule has 2 aliphatic rings. The predicted molar refractivity (Wildman–Crippen MR) is 138 cm³/mol. The summed E-state index contributed by atoms with van der Waals surface area (Å²) in [5.41, 5.74) is 2.64. The molecule has 1 fully saturated rings. The number of halogens is 2. The molecule has 0 aromatic heterocycles. The first-order chi connectivity index (χ1) is 17.0. The van der Waals surface area contributed by atoms with Gasteiger partial charge in [0.1, 0.15) is 5.82 Å². The van der Waals surface area contributed by atoms with E-state index >= 15 is 0 Å². The summed E-state index contributed by atoms with van der Waals surface area (Å²) >= 11 is 6.57. The van der Waals surface area contributed by atoms with Crippen molar-refractivity contribution in [2.24, 2.45) is 0 Å². The van der Waals surface area contributed by atoms with Crippen molar-refractivity contribution < 1.29 is 18.8 Å². The number of benzene rings is 2. The minimum atomic E-state index is -0.646. The third-order valence-electron chi connectivity index (χ3n) is 7.26. The number of carbonyl (C=O) groups excluding carboxylic acids is 3. The Morgan fingerprint density at radius 3 is 2.39 bits per heavy atom. The van der Waals surface area contributed by atoms with Crippen molar-refractivity contribution in [2.45, 2.75) is 44.8 Å². The van der Waals surface area contributed by atoms with Crippen molar-refractivity contribution in [1.29, 1.82) is 0 Å². The molecule has 0 N–H and O–H groups in total. The van der Waals surface area contributed by atoms with Gasteiger partial charge in [0.2, 0.25) is 11.8 Å². The van der Waals surface area contributed by atoms with Crippen LogP contribution in [0.25, 0.3) is 0 Å². The van der Waals surface area contributed by atoms with E-state index in [1.807, 2.05) is 11.8 Å². The van der Waals surface area contributed by atoms with Crippen LogP contribution in [0.15, 0.2) is 36.4 Å². The van der Waals surface area contributed by atoms with Crippen molar-refractivity contribution in [2.75, 3.05) is 39.1 Å². The second kappa shape index (κ2) is 10.2. The Kier molecular flexibility index (Phi) is 7.38. The third kappa shape index (κ3) is 4.97. The summed E-state index contributed by atoms with van der Waals surface area (Å²) in [4.78, 5) is 46.0. The SMILES string of the molecule is C[C@@H]1CN(Cc2ccc(F)cc2)[C@@H](C)CN1C(=O)c1cc2c(cc1Cl)N(C)C(=O)C2CC(=O)N(C)C. The summed E-state index contributed by atoms with van der Waals surface area (Å²) in [6.45, 7) is 5.91. The predicted octanol–water partition coefficient (Wildman–Crippen LogP) is 3.75. The van der Waals surface area contributed by atoms with Crippen LogP contribution in [0.4, 0.5) is 10.1 Å². The quantitative estimate of drug-likeness (QED) is 0.609. The Morgan fingerprint density at radius 1 is 1.08 bits per heavy atom. The monoisotopic (exact) mass is 514 g/mol. The van der Waals surface area contributed by atoms with E-state index in [0.717, 1.165) is 5.56 Å². The van der Waals surface area contributed by atoms with Crippen LogP contribution in [-0.4, -0.2) is 78.7 Å². The van der Waals surface area contributed by atoms with Crippen molar-refractivity contribution in [3.63, 3.8) is 0 Å². The molecule has 7 nitrogen and oxygen atoms in total. The molecule has 0 spiro atoms. The topological polar surface area (TPSA) is 64.2 Å². The number of amides is 3. The maximum absolute atomic E-state index is 13.7. The Morgan fingerprint density at radius 2 is 1.75 bits per heavy atom.